The maximum absolute atomic E-state index is 11.4. The molecule has 1 heterocycles. The molecule has 1 fully saturated rings. The summed E-state index contributed by atoms with van der Waals surface area (Å²) in [6.45, 7) is 0. The normalized spacial score (nSPS) is 23.7. The molecule has 0 aromatic heterocycles. The van der Waals surface area contributed by atoms with Crippen molar-refractivity contribution >= 4 is 15.8 Å². The minimum absolute atomic E-state index is 0.0551. The Morgan fingerprint density at radius 2 is 1.89 bits per heavy atom. The van der Waals surface area contributed by atoms with Crippen molar-refractivity contribution in [1.29, 1.82) is 0 Å². The Morgan fingerprint density at radius 3 is 2.33 bits per heavy atom. The van der Waals surface area contributed by atoms with Gasteiger partial charge in [-0.1, -0.05) is 12.1 Å². The van der Waals surface area contributed by atoms with Crippen LogP contribution in [0.25, 0.3) is 0 Å². The molecule has 5 nitrogen and oxygen atoms in total. The first-order valence-electron chi connectivity index (χ1n) is 5.61. The highest BCUT2D eigenvalue weighted by molar-refractivity contribution is 7.91. The quantitative estimate of drug-likeness (QED) is 0.854. The summed E-state index contributed by atoms with van der Waals surface area (Å²) in [4.78, 5) is 11.3. The maximum Gasteiger partial charge on any atom is 0.311 e. The Bertz CT molecular complexity index is 546. The summed E-state index contributed by atoms with van der Waals surface area (Å²) >= 11 is 0. The van der Waals surface area contributed by atoms with E-state index in [9.17, 15) is 23.4 Å². The average molecular weight is 270 g/mol. The van der Waals surface area contributed by atoms with Gasteiger partial charge in [0.25, 0.3) is 0 Å². The number of hydrogen-bond acceptors (Lipinski definition) is 4. The van der Waals surface area contributed by atoms with Crippen LogP contribution in [0.3, 0.4) is 0 Å². The molecule has 0 spiro atoms. The number of benzene rings is 1. The fourth-order valence-corrected chi connectivity index (χ4v) is 4.22. The topological polar surface area (TPSA) is 91.7 Å². The molecule has 0 radical (unpaired) electrons. The van der Waals surface area contributed by atoms with Gasteiger partial charge in [0, 0.05) is 0 Å². The molecule has 0 amide bonds. The van der Waals surface area contributed by atoms with Gasteiger partial charge in [-0.3, -0.25) is 4.79 Å². The molecule has 1 aliphatic heterocycles. The zero-order valence-electron chi connectivity index (χ0n) is 9.61. The SMILES string of the molecule is O=C(O)C(c1ccc(O)cc1)C1CCS(=O)(=O)C1. The van der Waals surface area contributed by atoms with Gasteiger partial charge in [-0.05, 0) is 30.0 Å². The van der Waals surface area contributed by atoms with Crippen molar-refractivity contribution < 1.29 is 23.4 Å². The number of carboxylic acids is 1. The van der Waals surface area contributed by atoms with E-state index in [0.717, 1.165) is 0 Å². The number of carboxylic acid groups (broad SMARTS) is 1. The van der Waals surface area contributed by atoms with Gasteiger partial charge < -0.3 is 10.2 Å². The standard InChI is InChI=1S/C12H14O5S/c13-10-3-1-8(2-4-10)11(12(14)15)9-5-6-18(16,17)7-9/h1-4,9,11,13H,5-7H2,(H,14,15). The van der Waals surface area contributed by atoms with Crippen molar-refractivity contribution in [3.8, 4) is 5.75 Å². The van der Waals surface area contributed by atoms with Crippen LogP contribution >= 0.6 is 0 Å². The van der Waals surface area contributed by atoms with E-state index in [1.54, 1.807) is 0 Å². The Kier molecular flexibility index (Phi) is 3.30. The fourth-order valence-electron chi connectivity index (χ4n) is 2.38. The molecule has 2 N–H and O–H groups in total. The van der Waals surface area contributed by atoms with Gasteiger partial charge in [0.15, 0.2) is 9.84 Å². The third-order valence-corrected chi connectivity index (χ3v) is 5.05. The number of carbonyl (C=O) groups is 1. The van der Waals surface area contributed by atoms with Crippen molar-refractivity contribution in [3.05, 3.63) is 29.8 Å². The highest BCUT2D eigenvalue weighted by atomic mass is 32.2. The molecule has 1 saturated heterocycles. The molecule has 1 aromatic rings. The number of phenolic OH excluding ortho intramolecular Hbond substituents is 1. The Hall–Kier alpha value is -1.56. The second-order valence-corrected chi connectivity index (χ2v) is 6.80. The van der Waals surface area contributed by atoms with Crippen LogP contribution in [0, 0.1) is 5.92 Å². The van der Waals surface area contributed by atoms with Gasteiger partial charge >= 0.3 is 5.97 Å². The Morgan fingerprint density at radius 1 is 1.28 bits per heavy atom. The van der Waals surface area contributed by atoms with Crippen molar-refractivity contribution in [2.45, 2.75) is 12.3 Å². The lowest BCUT2D eigenvalue weighted by Crippen LogP contribution is -2.22. The summed E-state index contributed by atoms with van der Waals surface area (Å²) in [5, 5.41) is 18.5. The van der Waals surface area contributed by atoms with E-state index in [2.05, 4.69) is 0 Å². The minimum atomic E-state index is -3.10. The number of aromatic hydroxyl groups is 1. The molecule has 1 aliphatic rings. The van der Waals surface area contributed by atoms with Crippen LogP contribution in [0.2, 0.25) is 0 Å². The number of phenols is 1. The zero-order chi connectivity index (χ0) is 13.3. The van der Waals surface area contributed by atoms with Gasteiger partial charge in [-0.2, -0.15) is 0 Å². The number of sulfone groups is 1. The fraction of sp³-hybridized carbons (Fsp3) is 0.417. The molecular formula is C12H14O5S. The number of aliphatic carboxylic acids is 1. The van der Waals surface area contributed by atoms with E-state index in [-0.39, 0.29) is 17.3 Å². The molecular weight excluding hydrogens is 256 g/mol. The second-order valence-electron chi connectivity index (χ2n) is 4.57. The van der Waals surface area contributed by atoms with Crippen LogP contribution in [0.15, 0.2) is 24.3 Å². The maximum atomic E-state index is 11.4. The summed E-state index contributed by atoms with van der Waals surface area (Å²) in [5.74, 6) is -2.21. The largest absolute Gasteiger partial charge is 0.508 e. The van der Waals surface area contributed by atoms with Crippen molar-refractivity contribution in [2.75, 3.05) is 11.5 Å². The van der Waals surface area contributed by atoms with E-state index in [1.807, 2.05) is 0 Å². The molecule has 1 aromatic carbocycles. The first-order chi connectivity index (χ1) is 8.39. The van der Waals surface area contributed by atoms with E-state index in [1.165, 1.54) is 24.3 Å². The summed E-state index contributed by atoms with van der Waals surface area (Å²) in [7, 11) is -3.10. The smallest absolute Gasteiger partial charge is 0.311 e. The lowest BCUT2D eigenvalue weighted by atomic mass is 9.86. The molecule has 0 saturated carbocycles. The highest BCUT2D eigenvalue weighted by Gasteiger charge is 2.38. The number of rotatable bonds is 3. The van der Waals surface area contributed by atoms with Crippen molar-refractivity contribution in [3.63, 3.8) is 0 Å². The van der Waals surface area contributed by atoms with Crippen LogP contribution in [-0.4, -0.2) is 36.1 Å². The number of hydrogen-bond donors (Lipinski definition) is 2. The van der Waals surface area contributed by atoms with Crippen LogP contribution in [0.4, 0.5) is 0 Å². The predicted octanol–water partition coefficient (Wildman–Crippen LogP) is 0.995. The third-order valence-electron chi connectivity index (χ3n) is 3.26. The monoisotopic (exact) mass is 270 g/mol. The van der Waals surface area contributed by atoms with E-state index in [4.69, 9.17) is 0 Å². The third kappa shape index (κ3) is 2.64. The predicted molar refractivity (Wildman–Crippen MR) is 65.2 cm³/mol. The van der Waals surface area contributed by atoms with E-state index >= 15 is 0 Å². The molecule has 6 heteroatoms. The molecule has 98 valence electrons. The summed E-state index contributed by atoms with van der Waals surface area (Å²) in [6.07, 6.45) is 0.375. The summed E-state index contributed by atoms with van der Waals surface area (Å²) < 4.78 is 22.8. The summed E-state index contributed by atoms with van der Waals surface area (Å²) in [5.41, 5.74) is 0.530. The van der Waals surface area contributed by atoms with E-state index in [0.29, 0.717) is 12.0 Å². The summed E-state index contributed by atoms with van der Waals surface area (Å²) in [6, 6.07) is 5.88. The van der Waals surface area contributed by atoms with Crippen LogP contribution in [0.1, 0.15) is 17.9 Å². The van der Waals surface area contributed by atoms with Gasteiger partial charge in [0.05, 0.1) is 17.4 Å². The molecule has 0 aliphatic carbocycles. The minimum Gasteiger partial charge on any atom is -0.508 e. The second kappa shape index (κ2) is 4.61. The first kappa shape index (κ1) is 12.9. The lowest BCUT2D eigenvalue weighted by Gasteiger charge is -2.18. The van der Waals surface area contributed by atoms with Gasteiger partial charge in [0.1, 0.15) is 5.75 Å². The van der Waals surface area contributed by atoms with Gasteiger partial charge in [-0.15, -0.1) is 0 Å². The molecule has 18 heavy (non-hydrogen) atoms. The highest BCUT2D eigenvalue weighted by Crippen LogP contribution is 2.34. The molecule has 2 unspecified atom stereocenters. The molecule has 2 atom stereocenters. The van der Waals surface area contributed by atoms with Gasteiger partial charge in [-0.25, -0.2) is 8.42 Å². The van der Waals surface area contributed by atoms with Crippen molar-refractivity contribution in [1.82, 2.24) is 0 Å². The van der Waals surface area contributed by atoms with E-state index < -0.39 is 27.6 Å². The van der Waals surface area contributed by atoms with Crippen LogP contribution in [0.5, 0.6) is 5.75 Å². The molecule has 0 bridgehead atoms. The first-order valence-corrected chi connectivity index (χ1v) is 7.43. The van der Waals surface area contributed by atoms with Crippen molar-refractivity contribution in [2.24, 2.45) is 5.92 Å². The van der Waals surface area contributed by atoms with Crippen LogP contribution < -0.4 is 0 Å². The Balaban J connectivity index is 2.30. The average Bonchev–Trinajstić information content (AvgIpc) is 2.61. The molecule has 2 rings (SSSR count). The van der Waals surface area contributed by atoms with Crippen LogP contribution in [-0.2, 0) is 14.6 Å². The Labute approximate surface area is 105 Å². The van der Waals surface area contributed by atoms with Gasteiger partial charge in [0.2, 0.25) is 0 Å². The lowest BCUT2D eigenvalue weighted by molar-refractivity contribution is -0.140. The zero-order valence-corrected chi connectivity index (χ0v) is 10.4.